The highest BCUT2D eigenvalue weighted by Crippen LogP contribution is 2.48. The predicted molar refractivity (Wildman–Crippen MR) is 170 cm³/mol. The van der Waals surface area contributed by atoms with Crippen molar-refractivity contribution in [2.45, 2.75) is 32.2 Å². The van der Waals surface area contributed by atoms with E-state index in [1.54, 1.807) is 42.6 Å². The number of halogens is 1. The van der Waals surface area contributed by atoms with E-state index in [0.29, 0.717) is 52.3 Å². The molecule has 45 heavy (non-hydrogen) atoms. The molecule has 8 nitrogen and oxygen atoms in total. The van der Waals surface area contributed by atoms with Crippen LogP contribution in [0.25, 0.3) is 11.0 Å². The number of nitrogens with zero attached hydrogens (tertiary/aromatic N) is 2. The number of Topliss-reactive ketones (excluding diaryl/α,β-unsaturated/α-hetero) is 2. The third-order valence-electron chi connectivity index (χ3n) is 8.03. The first kappa shape index (κ1) is 29.9. The number of carbonyl (C=O) groups is 3. The van der Waals surface area contributed by atoms with Gasteiger partial charge in [-0.1, -0.05) is 36.4 Å². The molecule has 2 heterocycles. The molecular weight excluding hydrogens is 571 g/mol. The summed E-state index contributed by atoms with van der Waals surface area (Å²) in [6, 6.07) is 24.1. The van der Waals surface area contributed by atoms with Gasteiger partial charge in [0.25, 0.3) is 5.91 Å². The summed E-state index contributed by atoms with van der Waals surface area (Å²) in [5, 5.41) is 3.59. The number of H-pyrrole nitrogens is 1. The molecule has 1 aliphatic carbocycles. The number of pyridine rings is 1. The van der Waals surface area contributed by atoms with Gasteiger partial charge in [0, 0.05) is 31.3 Å². The van der Waals surface area contributed by atoms with E-state index in [2.05, 4.69) is 20.2 Å². The van der Waals surface area contributed by atoms with Gasteiger partial charge in [-0.05, 0) is 92.2 Å². The lowest BCUT2D eigenvalue weighted by Gasteiger charge is -2.13. The van der Waals surface area contributed by atoms with Crippen LogP contribution in [-0.4, -0.2) is 46.4 Å². The molecule has 0 bridgehead atoms. The first-order valence-corrected chi connectivity index (χ1v) is 14.8. The monoisotopic (exact) mass is 604 g/mol. The number of hydrogen-bond donors (Lipinski definition) is 2. The van der Waals surface area contributed by atoms with Gasteiger partial charge in [-0.2, -0.15) is 0 Å². The molecular formula is C36H33FN4O4. The van der Waals surface area contributed by atoms with Crippen LogP contribution in [-0.2, 0) is 29.0 Å². The summed E-state index contributed by atoms with van der Waals surface area (Å²) in [7, 11) is 3.98. The van der Waals surface area contributed by atoms with Gasteiger partial charge in [0.15, 0.2) is 11.6 Å². The minimum Gasteiger partial charge on any atom is -0.457 e. The Kier molecular flexibility index (Phi) is 8.28. The fourth-order valence-electron chi connectivity index (χ4n) is 5.48. The second-order valence-corrected chi connectivity index (χ2v) is 11.8. The van der Waals surface area contributed by atoms with Crippen molar-refractivity contribution in [2.24, 2.45) is 5.41 Å². The summed E-state index contributed by atoms with van der Waals surface area (Å²) in [6.45, 7) is 0.761. The molecule has 6 rings (SSSR count). The number of hydrogen-bond acceptors (Lipinski definition) is 6. The summed E-state index contributed by atoms with van der Waals surface area (Å²) >= 11 is 0. The molecule has 0 aliphatic heterocycles. The molecule has 9 heteroatoms. The van der Waals surface area contributed by atoms with Gasteiger partial charge >= 0.3 is 0 Å². The Morgan fingerprint density at radius 2 is 1.56 bits per heavy atom. The molecule has 0 radical (unpaired) electrons. The SMILES string of the molecule is CN(C)Cc1cccc(NC(=O)c2cc3c(Oc4ccc(CC(=O)C5(C(=O)Cc6ccc(F)cc6)CC5)cc4)ccnc3[nH]2)c1. The molecule has 2 N–H and O–H groups in total. The number of anilines is 1. The number of nitrogens with one attached hydrogen (secondary N) is 2. The van der Waals surface area contributed by atoms with Crippen molar-refractivity contribution in [1.29, 1.82) is 0 Å². The number of amides is 1. The quantitative estimate of drug-likeness (QED) is 0.157. The third-order valence-corrected chi connectivity index (χ3v) is 8.03. The molecule has 5 aromatic rings. The zero-order valence-corrected chi connectivity index (χ0v) is 25.1. The molecule has 0 unspecified atom stereocenters. The van der Waals surface area contributed by atoms with E-state index < -0.39 is 5.41 Å². The highest BCUT2D eigenvalue weighted by atomic mass is 19.1. The maximum absolute atomic E-state index is 13.2. The standard InChI is InChI=1S/C36H33FN4O4/c1-41(2)22-25-4-3-5-27(18-25)39-35(44)30-21-29-31(14-17-38-34(29)40-30)45-28-12-8-24(9-13-28)20-33(43)36(15-16-36)32(42)19-23-6-10-26(37)11-7-23/h3-14,17-18,21H,15-16,19-20,22H2,1-2H3,(H,38,40)(H,39,44). The number of ether oxygens (including phenoxy) is 1. The molecule has 1 amide bonds. The topological polar surface area (TPSA) is 104 Å². The molecule has 0 saturated heterocycles. The van der Waals surface area contributed by atoms with E-state index in [1.807, 2.05) is 50.5 Å². The van der Waals surface area contributed by atoms with E-state index in [9.17, 15) is 18.8 Å². The number of rotatable bonds is 12. The average Bonchev–Trinajstić information content (AvgIpc) is 3.71. The number of fused-ring (bicyclic) bond motifs is 1. The van der Waals surface area contributed by atoms with Crippen molar-refractivity contribution < 1.29 is 23.5 Å². The van der Waals surface area contributed by atoms with Crippen molar-refractivity contribution in [1.82, 2.24) is 14.9 Å². The van der Waals surface area contributed by atoms with E-state index in [4.69, 9.17) is 4.74 Å². The van der Waals surface area contributed by atoms with E-state index in [-0.39, 0.29) is 36.1 Å². The Hall–Kier alpha value is -5.15. The van der Waals surface area contributed by atoms with E-state index in [1.165, 1.54) is 12.1 Å². The van der Waals surface area contributed by atoms with Crippen molar-refractivity contribution in [3.8, 4) is 11.5 Å². The maximum atomic E-state index is 13.2. The van der Waals surface area contributed by atoms with Gasteiger partial charge in [0.1, 0.15) is 28.7 Å². The Labute approximate surface area is 260 Å². The molecule has 0 spiro atoms. The van der Waals surface area contributed by atoms with E-state index in [0.717, 1.165) is 17.7 Å². The zero-order valence-electron chi connectivity index (χ0n) is 25.1. The zero-order chi connectivity index (χ0) is 31.6. The van der Waals surface area contributed by atoms with E-state index >= 15 is 0 Å². The van der Waals surface area contributed by atoms with Crippen molar-refractivity contribution >= 4 is 34.2 Å². The second kappa shape index (κ2) is 12.5. The Balaban J connectivity index is 1.10. The number of aromatic nitrogens is 2. The fourth-order valence-corrected chi connectivity index (χ4v) is 5.48. The van der Waals surface area contributed by atoms with Crippen molar-refractivity contribution in [2.75, 3.05) is 19.4 Å². The summed E-state index contributed by atoms with van der Waals surface area (Å²) in [6.07, 6.45) is 2.95. The lowest BCUT2D eigenvalue weighted by molar-refractivity contribution is -0.133. The lowest BCUT2D eigenvalue weighted by atomic mass is 9.88. The Morgan fingerprint density at radius 1 is 0.889 bits per heavy atom. The highest BCUT2D eigenvalue weighted by Gasteiger charge is 2.54. The molecule has 2 aromatic heterocycles. The summed E-state index contributed by atoms with van der Waals surface area (Å²) in [5.41, 5.74) is 3.19. The number of carbonyl (C=O) groups excluding carboxylic acids is 3. The van der Waals surface area contributed by atoms with Crippen LogP contribution in [0.15, 0.2) is 91.1 Å². The number of aromatic amines is 1. The second-order valence-electron chi connectivity index (χ2n) is 11.8. The largest absolute Gasteiger partial charge is 0.457 e. The van der Waals surface area contributed by atoms with Gasteiger partial charge in [-0.15, -0.1) is 0 Å². The third kappa shape index (κ3) is 6.84. The van der Waals surface area contributed by atoms with Crippen LogP contribution in [0.5, 0.6) is 11.5 Å². The van der Waals surface area contributed by atoms with Crippen LogP contribution in [0.1, 0.15) is 40.0 Å². The van der Waals surface area contributed by atoms with Crippen LogP contribution in [0, 0.1) is 11.2 Å². The number of benzene rings is 3. The Morgan fingerprint density at radius 3 is 2.20 bits per heavy atom. The molecule has 3 aromatic carbocycles. The summed E-state index contributed by atoms with van der Waals surface area (Å²) in [4.78, 5) is 48.7. The van der Waals surface area contributed by atoms with Crippen LogP contribution in [0.4, 0.5) is 10.1 Å². The van der Waals surface area contributed by atoms with Crippen molar-refractivity contribution in [3.05, 3.63) is 119 Å². The smallest absolute Gasteiger partial charge is 0.272 e. The predicted octanol–water partition coefficient (Wildman–Crippen LogP) is 6.51. The fraction of sp³-hybridized carbons (Fsp3) is 0.222. The lowest BCUT2D eigenvalue weighted by Crippen LogP contribution is -2.28. The van der Waals surface area contributed by atoms with Gasteiger partial charge in [-0.25, -0.2) is 9.37 Å². The summed E-state index contributed by atoms with van der Waals surface area (Å²) < 4.78 is 19.4. The van der Waals surface area contributed by atoms with Gasteiger partial charge in [0.05, 0.1) is 10.8 Å². The molecule has 1 saturated carbocycles. The Bertz CT molecular complexity index is 1880. The molecule has 1 fully saturated rings. The normalized spacial score (nSPS) is 13.5. The van der Waals surface area contributed by atoms with Crippen molar-refractivity contribution in [3.63, 3.8) is 0 Å². The van der Waals surface area contributed by atoms with Crippen LogP contribution in [0.3, 0.4) is 0 Å². The maximum Gasteiger partial charge on any atom is 0.272 e. The van der Waals surface area contributed by atoms with Crippen LogP contribution < -0.4 is 10.1 Å². The molecule has 0 atom stereocenters. The van der Waals surface area contributed by atoms with Gasteiger partial charge in [0.2, 0.25) is 0 Å². The number of ketones is 2. The minimum atomic E-state index is -0.945. The van der Waals surface area contributed by atoms with Gasteiger partial charge in [-0.3, -0.25) is 14.4 Å². The highest BCUT2D eigenvalue weighted by molar-refractivity contribution is 6.11. The summed E-state index contributed by atoms with van der Waals surface area (Å²) in [5.74, 6) is 0.217. The first-order valence-electron chi connectivity index (χ1n) is 14.8. The first-order chi connectivity index (χ1) is 21.7. The van der Waals surface area contributed by atoms with Gasteiger partial charge < -0.3 is 19.9 Å². The minimum absolute atomic E-state index is 0.0957. The molecule has 1 aliphatic rings. The molecule has 228 valence electrons. The average molecular weight is 605 g/mol. The van der Waals surface area contributed by atoms with Crippen LogP contribution in [0.2, 0.25) is 0 Å². The van der Waals surface area contributed by atoms with Crippen LogP contribution >= 0.6 is 0 Å².